The van der Waals surface area contributed by atoms with Crippen molar-refractivity contribution in [1.82, 2.24) is 0 Å². The van der Waals surface area contributed by atoms with E-state index >= 15 is 0 Å². The van der Waals surface area contributed by atoms with Crippen molar-refractivity contribution in [1.29, 1.82) is 0 Å². The molecule has 0 unspecified atom stereocenters. The van der Waals surface area contributed by atoms with Crippen molar-refractivity contribution in [2.75, 3.05) is 18.0 Å². The lowest BCUT2D eigenvalue weighted by Crippen LogP contribution is -2.40. The molecule has 1 aliphatic rings. The standard InChI is InChI=1S/C15H22FNO/c1-11(18)14-12(16)6-4-7-13(14)17-9-5-8-15(2,3)10-17/h4,6-7,11,18H,5,8-10H2,1-3H3/t11-/m0/s1. The summed E-state index contributed by atoms with van der Waals surface area (Å²) in [5, 5.41) is 9.78. The van der Waals surface area contributed by atoms with Crippen molar-refractivity contribution in [3.63, 3.8) is 0 Å². The molecule has 100 valence electrons. The van der Waals surface area contributed by atoms with E-state index in [2.05, 4.69) is 18.7 Å². The van der Waals surface area contributed by atoms with Crippen LogP contribution < -0.4 is 4.90 Å². The van der Waals surface area contributed by atoms with Gasteiger partial charge in [0.15, 0.2) is 0 Å². The maximum absolute atomic E-state index is 13.9. The minimum atomic E-state index is -0.772. The van der Waals surface area contributed by atoms with Gasteiger partial charge in [-0.15, -0.1) is 0 Å². The molecule has 1 aromatic carbocycles. The van der Waals surface area contributed by atoms with Gasteiger partial charge >= 0.3 is 0 Å². The highest BCUT2D eigenvalue weighted by atomic mass is 19.1. The molecule has 0 aromatic heterocycles. The molecule has 0 saturated carbocycles. The van der Waals surface area contributed by atoms with Crippen molar-refractivity contribution in [2.45, 2.75) is 39.7 Å². The second-order valence-electron chi connectivity index (χ2n) is 6.04. The minimum Gasteiger partial charge on any atom is -0.389 e. The van der Waals surface area contributed by atoms with Gasteiger partial charge in [-0.25, -0.2) is 4.39 Å². The number of nitrogens with zero attached hydrogens (tertiary/aromatic N) is 1. The third-order valence-corrected chi connectivity index (χ3v) is 3.69. The molecule has 2 rings (SSSR count). The first-order valence-corrected chi connectivity index (χ1v) is 6.62. The maximum atomic E-state index is 13.9. The molecular formula is C15H22FNO. The number of anilines is 1. The Morgan fingerprint density at radius 3 is 2.72 bits per heavy atom. The van der Waals surface area contributed by atoms with Crippen molar-refractivity contribution in [2.24, 2.45) is 5.41 Å². The first-order chi connectivity index (χ1) is 8.41. The van der Waals surface area contributed by atoms with E-state index < -0.39 is 6.10 Å². The minimum absolute atomic E-state index is 0.251. The highest BCUT2D eigenvalue weighted by Crippen LogP contribution is 2.35. The van der Waals surface area contributed by atoms with Gasteiger partial charge in [-0.05, 0) is 37.3 Å². The number of aliphatic hydroxyl groups is 1. The van der Waals surface area contributed by atoms with E-state index in [4.69, 9.17) is 0 Å². The molecule has 0 aliphatic carbocycles. The number of halogens is 1. The first-order valence-electron chi connectivity index (χ1n) is 6.62. The number of hydrogen-bond acceptors (Lipinski definition) is 2. The molecule has 0 spiro atoms. The molecule has 2 nitrogen and oxygen atoms in total. The quantitative estimate of drug-likeness (QED) is 0.869. The van der Waals surface area contributed by atoms with Gasteiger partial charge in [0.05, 0.1) is 6.10 Å². The smallest absolute Gasteiger partial charge is 0.131 e. The second kappa shape index (κ2) is 4.88. The lowest BCUT2D eigenvalue weighted by Gasteiger charge is -2.40. The fraction of sp³-hybridized carbons (Fsp3) is 0.600. The number of piperidine rings is 1. The zero-order chi connectivity index (χ0) is 13.3. The molecule has 1 saturated heterocycles. The summed E-state index contributed by atoms with van der Waals surface area (Å²) in [5.41, 5.74) is 1.52. The van der Waals surface area contributed by atoms with Crippen LogP contribution in [0.1, 0.15) is 45.3 Å². The van der Waals surface area contributed by atoms with Crippen molar-refractivity contribution in [3.05, 3.63) is 29.6 Å². The normalized spacial score (nSPS) is 20.8. The van der Waals surface area contributed by atoms with Crippen LogP contribution in [-0.2, 0) is 0 Å². The van der Waals surface area contributed by atoms with E-state index in [9.17, 15) is 9.50 Å². The van der Waals surface area contributed by atoms with E-state index in [0.717, 1.165) is 25.2 Å². The number of hydrogen-bond donors (Lipinski definition) is 1. The lowest BCUT2D eigenvalue weighted by atomic mass is 9.83. The molecule has 1 aliphatic heterocycles. The fourth-order valence-electron chi connectivity index (χ4n) is 2.84. The Kier molecular flexibility index (Phi) is 3.62. The van der Waals surface area contributed by atoms with E-state index in [1.807, 2.05) is 6.07 Å². The van der Waals surface area contributed by atoms with Crippen LogP contribution in [0.4, 0.5) is 10.1 Å². The molecule has 1 fully saturated rings. The zero-order valence-corrected chi connectivity index (χ0v) is 11.4. The summed E-state index contributed by atoms with van der Waals surface area (Å²) in [7, 11) is 0. The number of aliphatic hydroxyl groups excluding tert-OH is 1. The van der Waals surface area contributed by atoms with Crippen LogP contribution in [-0.4, -0.2) is 18.2 Å². The topological polar surface area (TPSA) is 23.5 Å². The largest absolute Gasteiger partial charge is 0.389 e. The summed E-state index contributed by atoms with van der Waals surface area (Å²) in [5.74, 6) is -0.314. The Labute approximate surface area is 108 Å². The predicted octanol–water partition coefficient (Wildman–Crippen LogP) is 3.51. The molecule has 1 N–H and O–H groups in total. The Morgan fingerprint density at radius 2 is 2.11 bits per heavy atom. The van der Waals surface area contributed by atoms with E-state index in [-0.39, 0.29) is 11.2 Å². The van der Waals surface area contributed by atoms with E-state index in [1.54, 1.807) is 13.0 Å². The van der Waals surface area contributed by atoms with Gasteiger partial charge in [0.1, 0.15) is 5.82 Å². The van der Waals surface area contributed by atoms with Crippen LogP contribution in [0.3, 0.4) is 0 Å². The van der Waals surface area contributed by atoms with E-state index in [0.29, 0.717) is 5.56 Å². The second-order valence-corrected chi connectivity index (χ2v) is 6.04. The highest BCUT2D eigenvalue weighted by Gasteiger charge is 2.28. The molecule has 3 heteroatoms. The van der Waals surface area contributed by atoms with Crippen LogP contribution in [0.5, 0.6) is 0 Å². The molecule has 1 aromatic rings. The summed E-state index contributed by atoms with van der Waals surface area (Å²) in [6.07, 6.45) is 1.54. The van der Waals surface area contributed by atoms with Crippen LogP contribution in [0.15, 0.2) is 18.2 Å². The average molecular weight is 251 g/mol. The zero-order valence-electron chi connectivity index (χ0n) is 11.4. The van der Waals surface area contributed by atoms with Gasteiger partial charge in [-0.3, -0.25) is 0 Å². The first kappa shape index (κ1) is 13.3. The third-order valence-electron chi connectivity index (χ3n) is 3.69. The summed E-state index contributed by atoms with van der Waals surface area (Å²) in [4.78, 5) is 2.20. The predicted molar refractivity (Wildman–Crippen MR) is 72.3 cm³/mol. The Bertz CT molecular complexity index is 429. The van der Waals surface area contributed by atoms with Gasteiger partial charge in [0, 0.05) is 24.3 Å². The molecule has 1 heterocycles. The third kappa shape index (κ3) is 2.66. The van der Waals surface area contributed by atoms with Crippen molar-refractivity contribution >= 4 is 5.69 Å². The molecule has 1 atom stereocenters. The molecule has 0 radical (unpaired) electrons. The molecule has 0 bridgehead atoms. The van der Waals surface area contributed by atoms with E-state index in [1.165, 1.54) is 12.5 Å². The molecular weight excluding hydrogens is 229 g/mol. The van der Waals surface area contributed by atoms with Gasteiger partial charge in [0.25, 0.3) is 0 Å². The van der Waals surface area contributed by atoms with Crippen LogP contribution >= 0.6 is 0 Å². The van der Waals surface area contributed by atoms with Crippen LogP contribution in [0, 0.1) is 11.2 Å². The SMILES string of the molecule is C[C@H](O)c1c(F)cccc1N1CCCC(C)(C)C1. The van der Waals surface area contributed by atoms with Crippen molar-refractivity contribution in [3.8, 4) is 0 Å². The van der Waals surface area contributed by atoms with Crippen LogP contribution in [0.25, 0.3) is 0 Å². The number of rotatable bonds is 2. The van der Waals surface area contributed by atoms with Gasteiger partial charge in [-0.2, -0.15) is 0 Å². The summed E-state index contributed by atoms with van der Waals surface area (Å²) in [6, 6.07) is 5.05. The summed E-state index contributed by atoms with van der Waals surface area (Å²) in [6.45, 7) is 7.95. The highest BCUT2D eigenvalue weighted by molar-refractivity contribution is 5.55. The molecule has 0 amide bonds. The fourth-order valence-corrected chi connectivity index (χ4v) is 2.84. The summed E-state index contributed by atoms with van der Waals surface area (Å²) >= 11 is 0. The number of benzene rings is 1. The Balaban J connectivity index is 2.36. The maximum Gasteiger partial charge on any atom is 0.131 e. The van der Waals surface area contributed by atoms with Crippen LogP contribution in [0.2, 0.25) is 0 Å². The van der Waals surface area contributed by atoms with Gasteiger partial charge < -0.3 is 10.0 Å². The summed E-state index contributed by atoms with van der Waals surface area (Å²) < 4.78 is 13.9. The Hall–Kier alpha value is -1.09. The Morgan fingerprint density at radius 1 is 1.39 bits per heavy atom. The monoisotopic (exact) mass is 251 g/mol. The molecule has 18 heavy (non-hydrogen) atoms. The average Bonchev–Trinajstić information content (AvgIpc) is 2.26. The van der Waals surface area contributed by atoms with Gasteiger partial charge in [-0.1, -0.05) is 19.9 Å². The lowest BCUT2D eigenvalue weighted by molar-refractivity contribution is 0.193. The van der Waals surface area contributed by atoms with Gasteiger partial charge in [0.2, 0.25) is 0 Å². The van der Waals surface area contributed by atoms with Crippen molar-refractivity contribution < 1.29 is 9.50 Å².